The van der Waals surface area contributed by atoms with Gasteiger partial charge >= 0.3 is 0 Å². The second-order valence-corrected chi connectivity index (χ2v) is 4.86. The molecule has 0 radical (unpaired) electrons. The van der Waals surface area contributed by atoms with Crippen molar-refractivity contribution in [1.82, 2.24) is 0 Å². The molecule has 0 spiro atoms. The topological polar surface area (TPSA) is 20.2 Å². The third kappa shape index (κ3) is 3.55. The van der Waals surface area contributed by atoms with Gasteiger partial charge in [0.15, 0.2) is 0 Å². The molecular formula is C16H25FO. The van der Waals surface area contributed by atoms with Crippen LogP contribution in [0.3, 0.4) is 0 Å². The van der Waals surface area contributed by atoms with Gasteiger partial charge in [0.25, 0.3) is 0 Å². The van der Waals surface area contributed by atoms with Gasteiger partial charge in [0.2, 0.25) is 0 Å². The third-order valence-corrected chi connectivity index (χ3v) is 3.60. The predicted molar refractivity (Wildman–Crippen MR) is 75.0 cm³/mol. The van der Waals surface area contributed by atoms with Gasteiger partial charge in [0, 0.05) is 0 Å². The Hall–Kier alpha value is -0.890. The maximum Gasteiger partial charge on any atom is 0.119 e. The Morgan fingerprint density at radius 2 is 1.72 bits per heavy atom. The van der Waals surface area contributed by atoms with Crippen LogP contribution in [0.25, 0.3) is 0 Å². The Morgan fingerprint density at radius 3 is 2.33 bits per heavy atom. The highest BCUT2D eigenvalue weighted by molar-refractivity contribution is 5.42. The minimum Gasteiger partial charge on any atom is -0.385 e. The minimum absolute atomic E-state index is 0.192. The number of hydrogen-bond donors (Lipinski definition) is 1. The maximum atomic E-state index is 13.2. The van der Waals surface area contributed by atoms with E-state index in [0.29, 0.717) is 6.42 Å². The molecule has 2 heteroatoms. The van der Waals surface area contributed by atoms with Crippen molar-refractivity contribution in [2.24, 2.45) is 0 Å². The maximum absolute atomic E-state index is 13.2. The lowest BCUT2D eigenvalue weighted by Crippen LogP contribution is -2.34. The molecule has 0 amide bonds. The first-order valence-corrected chi connectivity index (χ1v) is 7.09. The average Bonchev–Trinajstić information content (AvgIpc) is 2.54. The minimum atomic E-state index is -0.711. The summed E-state index contributed by atoms with van der Waals surface area (Å²) in [6, 6.07) is 0. The van der Waals surface area contributed by atoms with Crippen molar-refractivity contribution in [3.05, 3.63) is 35.2 Å². The predicted octanol–water partition coefficient (Wildman–Crippen LogP) is 4.84. The second-order valence-electron chi connectivity index (χ2n) is 4.86. The zero-order valence-corrected chi connectivity index (χ0v) is 11.8. The molecule has 0 unspecified atom stereocenters. The molecule has 1 nitrogen and oxygen atoms in total. The first kappa shape index (κ1) is 15.2. The van der Waals surface area contributed by atoms with E-state index in [0.717, 1.165) is 36.8 Å². The van der Waals surface area contributed by atoms with Crippen LogP contribution in [0.5, 0.6) is 0 Å². The fourth-order valence-corrected chi connectivity index (χ4v) is 2.76. The monoisotopic (exact) mass is 252 g/mol. The van der Waals surface area contributed by atoms with Crippen LogP contribution in [0.4, 0.5) is 4.39 Å². The van der Waals surface area contributed by atoms with Crippen molar-refractivity contribution in [3.8, 4) is 0 Å². The smallest absolute Gasteiger partial charge is 0.119 e. The van der Waals surface area contributed by atoms with Crippen molar-refractivity contribution < 1.29 is 9.50 Å². The van der Waals surface area contributed by atoms with Crippen LogP contribution < -0.4 is 0 Å². The van der Waals surface area contributed by atoms with Gasteiger partial charge in [-0.05, 0) is 49.5 Å². The molecule has 18 heavy (non-hydrogen) atoms. The Kier molecular flexibility index (Phi) is 5.80. The summed E-state index contributed by atoms with van der Waals surface area (Å²) in [5.41, 5.74) is 1.10. The van der Waals surface area contributed by atoms with E-state index in [1.54, 1.807) is 6.08 Å². The summed E-state index contributed by atoms with van der Waals surface area (Å²) in [5.74, 6) is -0.192. The van der Waals surface area contributed by atoms with Gasteiger partial charge in [-0.25, -0.2) is 4.39 Å². The van der Waals surface area contributed by atoms with Crippen LogP contribution in [0.2, 0.25) is 0 Å². The molecule has 0 heterocycles. The summed E-state index contributed by atoms with van der Waals surface area (Å²) in [7, 11) is 0. The van der Waals surface area contributed by atoms with Gasteiger partial charge < -0.3 is 5.11 Å². The highest BCUT2D eigenvalue weighted by atomic mass is 19.1. The van der Waals surface area contributed by atoms with Gasteiger partial charge in [-0.1, -0.05) is 39.2 Å². The second kappa shape index (κ2) is 6.89. The molecule has 0 aromatic rings. The largest absolute Gasteiger partial charge is 0.385 e. The third-order valence-electron chi connectivity index (χ3n) is 3.60. The van der Waals surface area contributed by atoms with Gasteiger partial charge in [0.05, 0.1) is 5.60 Å². The molecule has 0 aromatic carbocycles. The fourth-order valence-electron chi connectivity index (χ4n) is 2.76. The van der Waals surface area contributed by atoms with E-state index in [-0.39, 0.29) is 5.83 Å². The molecule has 1 saturated carbocycles. The number of halogens is 1. The van der Waals surface area contributed by atoms with E-state index in [4.69, 9.17) is 0 Å². The number of rotatable bonds is 1. The molecule has 2 rings (SSSR count). The summed E-state index contributed by atoms with van der Waals surface area (Å²) in [4.78, 5) is 0. The van der Waals surface area contributed by atoms with Gasteiger partial charge in [-0.3, -0.25) is 0 Å². The molecule has 1 fully saturated rings. The van der Waals surface area contributed by atoms with Crippen molar-refractivity contribution in [2.75, 3.05) is 0 Å². The van der Waals surface area contributed by atoms with Crippen molar-refractivity contribution >= 4 is 0 Å². The average molecular weight is 252 g/mol. The summed E-state index contributed by atoms with van der Waals surface area (Å²) in [6.07, 6.45) is 10.6. The lowest BCUT2D eigenvalue weighted by atomic mass is 9.76. The molecule has 0 aromatic heterocycles. The van der Waals surface area contributed by atoms with E-state index in [1.807, 2.05) is 26.8 Å². The summed E-state index contributed by atoms with van der Waals surface area (Å²) in [5, 5.41) is 10.6. The van der Waals surface area contributed by atoms with Crippen LogP contribution in [-0.2, 0) is 0 Å². The van der Waals surface area contributed by atoms with Crippen molar-refractivity contribution in [3.63, 3.8) is 0 Å². The van der Waals surface area contributed by atoms with E-state index in [9.17, 15) is 9.50 Å². The quantitative estimate of drug-likeness (QED) is 0.708. The number of allylic oxidation sites excluding steroid dienone is 4. The molecule has 1 N–H and O–H groups in total. The lowest BCUT2D eigenvalue weighted by molar-refractivity contribution is 0.0415. The molecular weight excluding hydrogens is 227 g/mol. The molecule has 0 aliphatic heterocycles. The molecule has 0 bridgehead atoms. The summed E-state index contributed by atoms with van der Waals surface area (Å²) >= 11 is 0. The zero-order valence-electron chi connectivity index (χ0n) is 11.8. The molecule has 102 valence electrons. The highest BCUT2D eigenvalue weighted by Gasteiger charge is 2.33. The number of aliphatic hydroxyl groups is 1. The summed E-state index contributed by atoms with van der Waals surface area (Å²) in [6.45, 7) is 5.89. The Bertz CT molecular complexity index is 357. The van der Waals surface area contributed by atoms with E-state index in [2.05, 4.69) is 0 Å². The van der Waals surface area contributed by atoms with E-state index >= 15 is 0 Å². The SMILES string of the molecule is CC.CC1=CC(F)=CCC=C1C1(O)CCCCC1. The molecule has 2 aliphatic carbocycles. The van der Waals surface area contributed by atoms with Crippen molar-refractivity contribution in [1.29, 1.82) is 0 Å². The first-order valence-electron chi connectivity index (χ1n) is 7.09. The molecule has 0 atom stereocenters. The Morgan fingerprint density at radius 1 is 1.11 bits per heavy atom. The van der Waals surface area contributed by atoms with Gasteiger partial charge in [-0.2, -0.15) is 0 Å². The van der Waals surface area contributed by atoms with Crippen LogP contribution in [0, 0.1) is 0 Å². The Labute approximate surface area is 110 Å². The molecule has 0 saturated heterocycles. The van der Waals surface area contributed by atoms with Gasteiger partial charge in [-0.15, -0.1) is 0 Å². The normalized spacial score (nSPS) is 22.8. The van der Waals surface area contributed by atoms with Crippen LogP contribution >= 0.6 is 0 Å². The van der Waals surface area contributed by atoms with E-state index in [1.165, 1.54) is 12.5 Å². The lowest BCUT2D eigenvalue weighted by Gasteiger charge is -2.35. The van der Waals surface area contributed by atoms with Crippen LogP contribution in [0.15, 0.2) is 35.2 Å². The van der Waals surface area contributed by atoms with Crippen molar-refractivity contribution in [2.45, 2.75) is 64.9 Å². The molecule has 2 aliphatic rings. The first-order chi connectivity index (χ1) is 8.62. The van der Waals surface area contributed by atoms with Gasteiger partial charge in [0.1, 0.15) is 5.83 Å². The Balaban J connectivity index is 0.000000771. The van der Waals surface area contributed by atoms with Crippen LogP contribution in [-0.4, -0.2) is 10.7 Å². The standard InChI is InChI=1S/C14H19FO.C2H6/c1-11-10-12(15)6-5-7-13(11)14(16)8-3-2-4-9-14;1-2/h6-7,10,16H,2-5,8-9H2,1H3;1-2H3. The zero-order chi connectivity index (χ0) is 13.6. The number of hydrogen-bond acceptors (Lipinski definition) is 1. The summed E-state index contributed by atoms with van der Waals surface area (Å²) < 4.78 is 13.2. The van der Waals surface area contributed by atoms with Crippen LogP contribution in [0.1, 0.15) is 59.3 Å². The highest BCUT2D eigenvalue weighted by Crippen LogP contribution is 2.38. The fraction of sp³-hybridized carbons (Fsp3) is 0.625. The van der Waals surface area contributed by atoms with E-state index < -0.39 is 5.60 Å².